The molecule has 1 heterocycles. The minimum absolute atomic E-state index is 0.858. The van der Waals surface area contributed by atoms with Crippen molar-refractivity contribution in [3.63, 3.8) is 0 Å². The molecule has 0 aromatic rings. The predicted octanol–water partition coefficient (Wildman–Crippen LogP) is 1.12. The van der Waals surface area contributed by atoms with Crippen molar-refractivity contribution in [3.8, 4) is 0 Å². The maximum atomic E-state index is 4.86. The zero-order valence-electron chi connectivity index (χ0n) is 3.55. The lowest BCUT2D eigenvalue weighted by atomic mass is 10.3. The summed E-state index contributed by atoms with van der Waals surface area (Å²) >= 11 is 0. The number of ether oxygens (including phenoxy) is 1. The Morgan fingerprint density at radius 1 is 1.50 bits per heavy atom. The van der Waals surface area contributed by atoms with Crippen LogP contribution in [-0.4, -0.2) is 6.61 Å². The average molecular weight is 83.1 g/mol. The third-order valence-corrected chi connectivity index (χ3v) is 0.713. The second-order valence-corrected chi connectivity index (χ2v) is 1.22. The lowest BCUT2D eigenvalue weighted by Gasteiger charge is -2.01. The first kappa shape index (κ1) is 3.72. The summed E-state index contributed by atoms with van der Waals surface area (Å²) in [4.78, 5) is 0. The van der Waals surface area contributed by atoms with E-state index in [-0.39, 0.29) is 0 Å². The van der Waals surface area contributed by atoms with Crippen LogP contribution >= 0.6 is 0 Å². The minimum atomic E-state index is 0.858. The lowest BCUT2D eigenvalue weighted by molar-refractivity contribution is 0.244. The van der Waals surface area contributed by atoms with Crippen LogP contribution in [0, 0.1) is 6.42 Å². The monoisotopic (exact) mass is 83.0 g/mol. The van der Waals surface area contributed by atoms with Crippen LogP contribution in [0.4, 0.5) is 0 Å². The smallest absolute Gasteiger partial charge is 0.0879 e. The topological polar surface area (TPSA) is 9.23 Å². The molecule has 0 amide bonds. The Labute approximate surface area is 37.6 Å². The van der Waals surface area contributed by atoms with E-state index in [0.717, 1.165) is 13.0 Å². The van der Waals surface area contributed by atoms with Gasteiger partial charge < -0.3 is 4.74 Å². The Hall–Kier alpha value is -0.460. The Kier molecular flexibility index (Phi) is 1.15. The van der Waals surface area contributed by atoms with Gasteiger partial charge in [-0.25, -0.2) is 0 Å². The van der Waals surface area contributed by atoms with E-state index in [9.17, 15) is 0 Å². The molecule has 1 heteroatoms. The van der Waals surface area contributed by atoms with Crippen LogP contribution < -0.4 is 0 Å². The van der Waals surface area contributed by atoms with Crippen molar-refractivity contribution in [2.75, 3.05) is 6.61 Å². The van der Waals surface area contributed by atoms with Crippen molar-refractivity contribution in [2.45, 2.75) is 6.42 Å². The highest BCUT2D eigenvalue weighted by Crippen LogP contribution is 1.96. The van der Waals surface area contributed by atoms with Gasteiger partial charge in [-0.3, -0.25) is 0 Å². The van der Waals surface area contributed by atoms with Gasteiger partial charge in [0.15, 0.2) is 0 Å². The summed E-state index contributed by atoms with van der Waals surface area (Å²) in [5, 5.41) is 0. The number of hydrogen-bond acceptors (Lipinski definition) is 1. The molecule has 0 unspecified atom stereocenters. The van der Waals surface area contributed by atoms with Gasteiger partial charge in [0.05, 0.1) is 12.9 Å². The molecule has 0 atom stereocenters. The summed E-state index contributed by atoms with van der Waals surface area (Å²) < 4.78 is 4.86. The molecular formula is C5H7O. The maximum absolute atomic E-state index is 4.86. The van der Waals surface area contributed by atoms with E-state index in [1.54, 1.807) is 6.26 Å². The fourth-order valence-corrected chi connectivity index (χ4v) is 0.411. The first-order chi connectivity index (χ1) is 3.00. The normalized spacial score (nSPS) is 20.0. The molecule has 0 spiro atoms. The van der Waals surface area contributed by atoms with Crippen LogP contribution in [-0.2, 0) is 4.74 Å². The van der Waals surface area contributed by atoms with E-state index in [2.05, 4.69) is 6.42 Å². The zero-order chi connectivity index (χ0) is 4.24. The van der Waals surface area contributed by atoms with Crippen LogP contribution in [0.15, 0.2) is 12.3 Å². The van der Waals surface area contributed by atoms with Crippen molar-refractivity contribution >= 4 is 0 Å². The van der Waals surface area contributed by atoms with Crippen LogP contribution in [0.3, 0.4) is 0 Å². The average Bonchev–Trinajstić information content (AvgIpc) is 1.72. The molecule has 0 bridgehead atoms. The molecular weight excluding hydrogens is 76.1 g/mol. The van der Waals surface area contributed by atoms with E-state index in [0.29, 0.717) is 0 Å². The first-order valence-corrected chi connectivity index (χ1v) is 2.10. The van der Waals surface area contributed by atoms with Gasteiger partial charge in [-0.05, 0) is 18.9 Å². The highest BCUT2D eigenvalue weighted by atomic mass is 16.5. The van der Waals surface area contributed by atoms with Gasteiger partial charge in [-0.15, -0.1) is 0 Å². The molecule has 0 aromatic heterocycles. The summed E-state index contributed by atoms with van der Waals surface area (Å²) in [6.07, 6.45) is 6.78. The number of allylic oxidation sites excluding steroid dienone is 1. The van der Waals surface area contributed by atoms with Gasteiger partial charge in [-0.2, -0.15) is 0 Å². The zero-order valence-corrected chi connectivity index (χ0v) is 3.55. The fraction of sp³-hybridized carbons (Fsp3) is 0.400. The van der Waals surface area contributed by atoms with E-state index < -0.39 is 0 Å². The highest BCUT2D eigenvalue weighted by Gasteiger charge is 1.87. The molecule has 0 aliphatic carbocycles. The number of rotatable bonds is 0. The molecule has 1 radical (unpaired) electrons. The molecule has 1 aliphatic rings. The Morgan fingerprint density at radius 2 is 2.50 bits per heavy atom. The Balaban J connectivity index is 2.26. The standard InChI is InChI=1S/C5H7O/c1-2-4-6-5-3-1/h1-2,4H,3,5H2. The van der Waals surface area contributed by atoms with Gasteiger partial charge in [0.1, 0.15) is 0 Å². The van der Waals surface area contributed by atoms with Gasteiger partial charge in [0.25, 0.3) is 0 Å². The van der Waals surface area contributed by atoms with Gasteiger partial charge in [0, 0.05) is 0 Å². The van der Waals surface area contributed by atoms with Crippen molar-refractivity contribution in [1.82, 2.24) is 0 Å². The van der Waals surface area contributed by atoms with Gasteiger partial charge in [0.2, 0.25) is 0 Å². The van der Waals surface area contributed by atoms with E-state index in [4.69, 9.17) is 4.74 Å². The molecule has 0 saturated carbocycles. The third-order valence-electron chi connectivity index (χ3n) is 0.713. The largest absolute Gasteiger partial charge is 0.501 e. The second kappa shape index (κ2) is 1.85. The van der Waals surface area contributed by atoms with Crippen LogP contribution in [0.1, 0.15) is 6.42 Å². The van der Waals surface area contributed by atoms with Crippen molar-refractivity contribution in [3.05, 3.63) is 18.8 Å². The molecule has 1 rings (SSSR count). The summed E-state index contributed by atoms with van der Waals surface area (Å²) in [6, 6.07) is 0. The van der Waals surface area contributed by atoms with Crippen molar-refractivity contribution in [2.24, 2.45) is 0 Å². The van der Waals surface area contributed by atoms with Gasteiger partial charge >= 0.3 is 0 Å². The highest BCUT2D eigenvalue weighted by molar-refractivity contribution is 4.92. The SMILES string of the molecule is [CH]1C=COCC1. The van der Waals surface area contributed by atoms with Crippen molar-refractivity contribution in [1.29, 1.82) is 0 Å². The summed E-state index contributed by atoms with van der Waals surface area (Å²) in [6.45, 7) is 0.858. The molecule has 6 heavy (non-hydrogen) atoms. The molecule has 0 saturated heterocycles. The summed E-state index contributed by atoms with van der Waals surface area (Å²) in [5.74, 6) is 0. The molecule has 0 fully saturated rings. The van der Waals surface area contributed by atoms with Crippen LogP contribution in [0.5, 0.6) is 0 Å². The van der Waals surface area contributed by atoms with Crippen LogP contribution in [0.2, 0.25) is 0 Å². The third kappa shape index (κ3) is 0.744. The van der Waals surface area contributed by atoms with E-state index >= 15 is 0 Å². The predicted molar refractivity (Wildman–Crippen MR) is 24.0 cm³/mol. The Bertz CT molecular complexity index is 49.0. The molecule has 33 valence electrons. The summed E-state index contributed by atoms with van der Waals surface area (Å²) in [5.41, 5.74) is 0. The first-order valence-electron chi connectivity index (χ1n) is 2.10. The molecule has 0 aromatic carbocycles. The van der Waals surface area contributed by atoms with Crippen LogP contribution in [0.25, 0.3) is 0 Å². The van der Waals surface area contributed by atoms with Gasteiger partial charge in [-0.1, -0.05) is 0 Å². The fourth-order valence-electron chi connectivity index (χ4n) is 0.411. The minimum Gasteiger partial charge on any atom is -0.501 e. The van der Waals surface area contributed by atoms with E-state index in [1.807, 2.05) is 6.08 Å². The molecule has 0 N–H and O–H groups in total. The Morgan fingerprint density at radius 3 is 2.67 bits per heavy atom. The lowest BCUT2D eigenvalue weighted by Crippen LogP contribution is -1.90. The summed E-state index contributed by atoms with van der Waals surface area (Å²) in [7, 11) is 0. The van der Waals surface area contributed by atoms with E-state index in [1.165, 1.54) is 0 Å². The maximum Gasteiger partial charge on any atom is 0.0879 e. The molecule has 1 nitrogen and oxygen atoms in total. The molecule has 1 aliphatic heterocycles. The quantitative estimate of drug-likeness (QED) is 0.426. The van der Waals surface area contributed by atoms with Crippen molar-refractivity contribution < 1.29 is 4.74 Å². The second-order valence-electron chi connectivity index (χ2n) is 1.22. The number of hydrogen-bond donors (Lipinski definition) is 0.